The van der Waals surface area contributed by atoms with Crippen LogP contribution in [0.15, 0.2) is 72.3 Å². The molecular formula is C31H33NO5. The highest BCUT2D eigenvalue weighted by molar-refractivity contribution is 6.51. The maximum absolute atomic E-state index is 13.5. The number of methoxy groups -OCH3 is 1. The number of hydrogen-bond donors (Lipinski definition) is 1. The van der Waals surface area contributed by atoms with Crippen molar-refractivity contribution >= 4 is 23.1 Å². The summed E-state index contributed by atoms with van der Waals surface area (Å²) in [4.78, 5) is 28.5. The summed E-state index contributed by atoms with van der Waals surface area (Å²) in [5.74, 6) is -0.346. The van der Waals surface area contributed by atoms with Crippen molar-refractivity contribution in [1.82, 2.24) is 0 Å². The molecule has 1 unspecified atom stereocenters. The van der Waals surface area contributed by atoms with Gasteiger partial charge < -0.3 is 14.6 Å². The number of aryl methyl sites for hydroxylation is 1. The van der Waals surface area contributed by atoms with E-state index >= 15 is 0 Å². The van der Waals surface area contributed by atoms with Crippen LogP contribution in [0.1, 0.15) is 56.0 Å². The highest BCUT2D eigenvalue weighted by Crippen LogP contribution is 2.44. The fourth-order valence-corrected chi connectivity index (χ4v) is 4.74. The van der Waals surface area contributed by atoms with Crippen LogP contribution in [0.25, 0.3) is 5.76 Å². The minimum atomic E-state index is -0.833. The van der Waals surface area contributed by atoms with E-state index in [9.17, 15) is 14.7 Å². The maximum atomic E-state index is 13.5. The summed E-state index contributed by atoms with van der Waals surface area (Å²) in [5, 5.41) is 11.6. The molecule has 37 heavy (non-hydrogen) atoms. The first kappa shape index (κ1) is 26.0. The molecule has 3 aromatic carbocycles. The normalized spacial score (nSPS) is 17.2. The SMILES string of the molecule is CCOc1ccc(/C(O)=C2/C(=O)C(=O)N(c3ccccc3C)C2c2cccc(OC)c2)cc1C(C)(C)C. The van der Waals surface area contributed by atoms with Crippen molar-refractivity contribution in [3.8, 4) is 11.5 Å². The zero-order valence-corrected chi connectivity index (χ0v) is 22.2. The Balaban J connectivity index is 1.98. The van der Waals surface area contributed by atoms with Crippen molar-refractivity contribution in [2.24, 2.45) is 0 Å². The number of para-hydroxylation sites is 1. The van der Waals surface area contributed by atoms with E-state index < -0.39 is 17.7 Å². The van der Waals surface area contributed by atoms with Crippen LogP contribution in [-0.2, 0) is 15.0 Å². The van der Waals surface area contributed by atoms with Crippen molar-refractivity contribution in [2.75, 3.05) is 18.6 Å². The number of rotatable bonds is 6. The van der Waals surface area contributed by atoms with Gasteiger partial charge >= 0.3 is 0 Å². The van der Waals surface area contributed by atoms with Gasteiger partial charge in [-0.2, -0.15) is 0 Å². The van der Waals surface area contributed by atoms with Gasteiger partial charge in [0, 0.05) is 16.8 Å². The molecule has 6 nitrogen and oxygen atoms in total. The summed E-state index contributed by atoms with van der Waals surface area (Å²) in [6.45, 7) is 10.5. The number of aliphatic hydroxyl groups is 1. The molecule has 192 valence electrons. The number of aliphatic hydroxyl groups excluding tert-OH is 1. The predicted octanol–water partition coefficient (Wildman–Crippen LogP) is 6.33. The zero-order valence-electron chi connectivity index (χ0n) is 22.2. The van der Waals surface area contributed by atoms with E-state index in [1.165, 1.54) is 4.90 Å². The van der Waals surface area contributed by atoms with E-state index in [1.54, 1.807) is 37.4 Å². The van der Waals surface area contributed by atoms with Crippen LogP contribution in [0, 0.1) is 6.92 Å². The summed E-state index contributed by atoms with van der Waals surface area (Å²) in [5.41, 5.74) is 3.21. The van der Waals surface area contributed by atoms with Crippen LogP contribution < -0.4 is 14.4 Å². The zero-order chi connectivity index (χ0) is 26.9. The summed E-state index contributed by atoms with van der Waals surface area (Å²) in [7, 11) is 1.56. The number of ketones is 1. The van der Waals surface area contributed by atoms with Crippen LogP contribution in [0.5, 0.6) is 11.5 Å². The molecule has 6 heteroatoms. The third-order valence-corrected chi connectivity index (χ3v) is 6.59. The first-order valence-corrected chi connectivity index (χ1v) is 12.4. The largest absolute Gasteiger partial charge is 0.507 e. The first-order chi connectivity index (χ1) is 17.6. The molecule has 0 aromatic heterocycles. The average molecular weight is 500 g/mol. The number of ether oxygens (including phenoxy) is 2. The Morgan fingerprint density at radius 1 is 1.00 bits per heavy atom. The number of carbonyl (C=O) groups excluding carboxylic acids is 2. The molecule has 1 N–H and O–H groups in total. The van der Waals surface area contributed by atoms with Gasteiger partial charge in [-0.1, -0.05) is 51.1 Å². The third-order valence-electron chi connectivity index (χ3n) is 6.59. The highest BCUT2D eigenvalue weighted by Gasteiger charge is 2.47. The molecule has 1 heterocycles. The lowest BCUT2D eigenvalue weighted by Crippen LogP contribution is -2.30. The Kier molecular flexibility index (Phi) is 7.12. The van der Waals surface area contributed by atoms with Crippen molar-refractivity contribution in [3.05, 3.63) is 94.6 Å². The lowest BCUT2D eigenvalue weighted by Gasteiger charge is -2.27. The number of amides is 1. The third kappa shape index (κ3) is 4.84. The number of Topliss-reactive ketones (excluding diaryl/α,β-unsaturated/α-hetero) is 1. The Labute approximate surface area is 218 Å². The van der Waals surface area contributed by atoms with Crippen LogP contribution >= 0.6 is 0 Å². The first-order valence-electron chi connectivity index (χ1n) is 12.4. The fraction of sp³-hybridized carbons (Fsp3) is 0.290. The lowest BCUT2D eigenvalue weighted by molar-refractivity contribution is -0.132. The smallest absolute Gasteiger partial charge is 0.300 e. The van der Waals surface area contributed by atoms with Gasteiger partial charge in [0.2, 0.25) is 0 Å². The van der Waals surface area contributed by atoms with Gasteiger partial charge in [-0.15, -0.1) is 0 Å². The van der Waals surface area contributed by atoms with Gasteiger partial charge in [0.1, 0.15) is 17.3 Å². The number of carbonyl (C=O) groups is 2. The Morgan fingerprint density at radius 2 is 1.73 bits per heavy atom. The van der Waals surface area contributed by atoms with Crippen LogP contribution in [0.2, 0.25) is 0 Å². The van der Waals surface area contributed by atoms with Crippen LogP contribution in [-0.4, -0.2) is 30.5 Å². The minimum absolute atomic E-state index is 0.0329. The van der Waals surface area contributed by atoms with Crippen molar-refractivity contribution in [2.45, 2.75) is 46.1 Å². The van der Waals surface area contributed by atoms with Gasteiger partial charge in [-0.25, -0.2) is 0 Å². The summed E-state index contributed by atoms with van der Waals surface area (Å²) >= 11 is 0. The van der Waals surface area contributed by atoms with Crippen molar-refractivity contribution in [1.29, 1.82) is 0 Å². The average Bonchev–Trinajstić information content (AvgIpc) is 3.14. The molecule has 0 saturated carbocycles. The van der Waals surface area contributed by atoms with Crippen molar-refractivity contribution < 1.29 is 24.2 Å². The van der Waals surface area contributed by atoms with Gasteiger partial charge in [0.25, 0.3) is 11.7 Å². The molecule has 0 radical (unpaired) electrons. The van der Waals surface area contributed by atoms with E-state index in [4.69, 9.17) is 9.47 Å². The second-order valence-electron chi connectivity index (χ2n) is 10.1. The second kappa shape index (κ2) is 10.1. The lowest BCUT2D eigenvalue weighted by atomic mass is 9.84. The monoisotopic (exact) mass is 499 g/mol. The molecule has 1 aliphatic heterocycles. The van der Waals surface area contributed by atoms with E-state index in [-0.39, 0.29) is 16.7 Å². The van der Waals surface area contributed by atoms with Gasteiger partial charge in [-0.05, 0) is 66.8 Å². The van der Waals surface area contributed by atoms with Crippen LogP contribution in [0.4, 0.5) is 5.69 Å². The van der Waals surface area contributed by atoms with E-state index in [2.05, 4.69) is 20.8 Å². The topological polar surface area (TPSA) is 76.1 Å². The van der Waals surface area contributed by atoms with E-state index in [0.29, 0.717) is 29.2 Å². The molecule has 1 fully saturated rings. The molecule has 1 aliphatic rings. The molecule has 3 aromatic rings. The standard InChI is InChI=1S/C31H33NO5/c1-7-37-25-16-15-21(18-23(25)31(3,4)5)28(33)26-27(20-12-10-13-22(17-20)36-6)32(30(35)29(26)34)24-14-9-8-11-19(24)2/h8-18,27,33H,7H2,1-6H3/b28-26-. The molecule has 0 aliphatic carbocycles. The summed E-state index contributed by atoms with van der Waals surface area (Å²) in [6, 6.07) is 19.1. The fourth-order valence-electron chi connectivity index (χ4n) is 4.74. The number of anilines is 1. The summed E-state index contributed by atoms with van der Waals surface area (Å²) < 4.78 is 11.2. The van der Waals surface area contributed by atoms with Crippen molar-refractivity contribution in [3.63, 3.8) is 0 Å². The predicted molar refractivity (Wildman–Crippen MR) is 145 cm³/mol. The van der Waals surface area contributed by atoms with Gasteiger partial charge in [0.05, 0.1) is 25.3 Å². The number of nitrogens with zero attached hydrogens (tertiary/aromatic N) is 1. The number of benzene rings is 3. The van der Waals surface area contributed by atoms with E-state index in [1.807, 2.05) is 50.2 Å². The minimum Gasteiger partial charge on any atom is -0.507 e. The second-order valence-corrected chi connectivity index (χ2v) is 10.1. The molecule has 0 bridgehead atoms. The Morgan fingerprint density at radius 3 is 2.38 bits per heavy atom. The molecular weight excluding hydrogens is 466 g/mol. The molecule has 4 rings (SSSR count). The molecule has 1 amide bonds. The maximum Gasteiger partial charge on any atom is 0.300 e. The molecule has 0 spiro atoms. The van der Waals surface area contributed by atoms with Gasteiger partial charge in [0.15, 0.2) is 0 Å². The summed E-state index contributed by atoms with van der Waals surface area (Å²) in [6.07, 6.45) is 0. The molecule has 1 atom stereocenters. The van der Waals surface area contributed by atoms with Gasteiger partial charge in [-0.3, -0.25) is 14.5 Å². The quantitative estimate of drug-likeness (QED) is 0.244. The highest BCUT2D eigenvalue weighted by atomic mass is 16.5. The number of hydrogen-bond acceptors (Lipinski definition) is 5. The van der Waals surface area contributed by atoms with Crippen LogP contribution in [0.3, 0.4) is 0 Å². The van der Waals surface area contributed by atoms with E-state index in [0.717, 1.165) is 16.9 Å². The Bertz CT molecular complexity index is 1380. The Hall–Kier alpha value is -4.06. The molecule has 1 saturated heterocycles.